The molecular weight excluding hydrogens is 314 g/mol. The molecule has 3 N–H and O–H groups in total. The zero-order valence-electron chi connectivity index (χ0n) is 14.3. The van der Waals surface area contributed by atoms with Crippen LogP contribution in [0.4, 0.5) is 0 Å². The Balaban J connectivity index is 0.000000386. The Hall–Kier alpha value is -2.66. The molecule has 0 aromatic heterocycles. The summed E-state index contributed by atoms with van der Waals surface area (Å²) >= 11 is 0. The molecule has 132 valence electrons. The second kappa shape index (κ2) is 11.0. The second-order valence-electron chi connectivity index (χ2n) is 5.65. The summed E-state index contributed by atoms with van der Waals surface area (Å²) in [5, 5.41) is 22.3. The molecule has 3 rings (SSSR count). The Morgan fingerprint density at radius 1 is 0.760 bits per heavy atom. The van der Waals surface area contributed by atoms with Crippen LogP contribution in [0.5, 0.6) is 11.5 Å². The zero-order valence-corrected chi connectivity index (χ0v) is 14.3. The van der Waals surface area contributed by atoms with Crippen LogP contribution in [0, 0.1) is 0 Å². The van der Waals surface area contributed by atoms with E-state index in [2.05, 4.69) is 15.3 Å². The van der Waals surface area contributed by atoms with Crippen molar-refractivity contribution in [3.63, 3.8) is 0 Å². The summed E-state index contributed by atoms with van der Waals surface area (Å²) in [6.45, 7) is 3.55. The summed E-state index contributed by atoms with van der Waals surface area (Å²) < 4.78 is 0. The number of para-hydroxylation sites is 2. The van der Waals surface area contributed by atoms with Crippen LogP contribution in [0.3, 0.4) is 0 Å². The molecule has 5 nitrogen and oxygen atoms in total. The molecular formula is C20H25N3O2. The highest BCUT2D eigenvalue weighted by Crippen LogP contribution is 2.13. The van der Waals surface area contributed by atoms with Gasteiger partial charge in [-0.15, -0.1) is 0 Å². The van der Waals surface area contributed by atoms with Gasteiger partial charge in [-0.2, -0.15) is 0 Å². The molecule has 0 bridgehead atoms. The highest BCUT2D eigenvalue weighted by molar-refractivity contribution is 5.84. The number of phenols is 2. The molecule has 1 aliphatic rings. The number of hydrogen-bond donors (Lipinski definition) is 3. The average Bonchev–Trinajstić information content (AvgIpc) is 3.21. The summed E-state index contributed by atoms with van der Waals surface area (Å²) in [5.41, 5.74) is 1.38. The van der Waals surface area contributed by atoms with Crippen LogP contribution in [0.15, 0.2) is 58.5 Å². The van der Waals surface area contributed by atoms with Gasteiger partial charge in [-0.25, -0.2) is 0 Å². The van der Waals surface area contributed by atoms with Gasteiger partial charge >= 0.3 is 0 Å². The van der Waals surface area contributed by atoms with Gasteiger partial charge in [0.25, 0.3) is 0 Å². The summed E-state index contributed by atoms with van der Waals surface area (Å²) in [6.07, 6.45) is 6.04. The number of aromatic hydroxyl groups is 2. The van der Waals surface area contributed by atoms with Gasteiger partial charge < -0.3 is 15.5 Å². The highest BCUT2D eigenvalue weighted by atomic mass is 16.3. The maximum absolute atomic E-state index is 9.54. The molecule has 25 heavy (non-hydrogen) atoms. The monoisotopic (exact) mass is 339 g/mol. The third kappa shape index (κ3) is 7.18. The number of nitrogens with zero attached hydrogens (tertiary/aromatic N) is 2. The van der Waals surface area contributed by atoms with Crippen molar-refractivity contribution in [2.24, 2.45) is 9.98 Å². The van der Waals surface area contributed by atoms with Crippen molar-refractivity contribution in [3.05, 3.63) is 59.7 Å². The van der Waals surface area contributed by atoms with Gasteiger partial charge in [-0.3, -0.25) is 9.98 Å². The first-order valence-electron chi connectivity index (χ1n) is 8.54. The smallest absolute Gasteiger partial charge is 0.124 e. The molecule has 1 heterocycles. The van der Waals surface area contributed by atoms with Crippen molar-refractivity contribution in [2.75, 3.05) is 26.2 Å². The summed E-state index contributed by atoms with van der Waals surface area (Å²) in [6, 6.07) is 14.1. The summed E-state index contributed by atoms with van der Waals surface area (Å²) in [5.74, 6) is 0.433. The van der Waals surface area contributed by atoms with Gasteiger partial charge in [0.2, 0.25) is 0 Å². The van der Waals surface area contributed by atoms with Gasteiger partial charge in [0.15, 0.2) is 0 Å². The van der Waals surface area contributed by atoms with Crippen molar-refractivity contribution in [1.29, 1.82) is 0 Å². The van der Waals surface area contributed by atoms with E-state index in [1.807, 2.05) is 12.1 Å². The van der Waals surface area contributed by atoms with E-state index in [9.17, 15) is 10.2 Å². The zero-order chi connectivity index (χ0) is 17.7. The summed E-state index contributed by atoms with van der Waals surface area (Å²) in [7, 11) is 0. The van der Waals surface area contributed by atoms with Crippen LogP contribution in [0.2, 0.25) is 0 Å². The lowest BCUT2D eigenvalue weighted by Crippen LogP contribution is -2.03. The topological polar surface area (TPSA) is 77.2 Å². The van der Waals surface area contributed by atoms with Crippen LogP contribution < -0.4 is 5.32 Å². The van der Waals surface area contributed by atoms with Crippen LogP contribution in [-0.2, 0) is 0 Å². The molecule has 2 aromatic rings. The number of nitrogens with one attached hydrogen (secondary N) is 1. The molecule has 2 aromatic carbocycles. The fourth-order valence-electron chi connectivity index (χ4n) is 2.26. The third-order valence-electron chi connectivity index (χ3n) is 3.65. The van der Waals surface area contributed by atoms with E-state index in [1.54, 1.807) is 48.8 Å². The number of rotatable bonds is 5. The van der Waals surface area contributed by atoms with Crippen molar-refractivity contribution in [2.45, 2.75) is 12.8 Å². The van der Waals surface area contributed by atoms with Gasteiger partial charge in [0.1, 0.15) is 11.5 Å². The van der Waals surface area contributed by atoms with Gasteiger partial charge in [0, 0.05) is 23.6 Å². The molecule has 1 fully saturated rings. The Morgan fingerprint density at radius 2 is 1.20 bits per heavy atom. The van der Waals surface area contributed by atoms with E-state index >= 15 is 0 Å². The molecule has 0 aliphatic carbocycles. The van der Waals surface area contributed by atoms with Crippen molar-refractivity contribution < 1.29 is 10.2 Å². The van der Waals surface area contributed by atoms with Crippen LogP contribution in [-0.4, -0.2) is 48.8 Å². The van der Waals surface area contributed by atoms with E-state index in [4.69, 9.17) is 0 Å². The lowest BCUT2D eigenvalue weighted by atomic mass is 10.2. The fourth-order valence-corrected chi connectivity index (χ4v) is 2.26. The van der Waals surface area contributed by atoms with Gasteiger partial charge in [0.05, 0.1) is 13.1 Å². The Kier molecular flexibility index (Phi) is 8.21. The summed E-state index contributed by atoms with van der Waals surface area (Å²) in [4.78, 5) is 8.39. The van der Waals surface area contributed by atoms with E-state index < -0.39 is 0 Å². The van der Waals surface area contributed by atoms with Crippen molar-refractivity contribution >= 4 is 12.4 Å². The Labute approximate surface area is 148 Å². The predicted molar refractivity (Wildman–Crippen MR) is 103 cm³/mol. The van der Waals surface area contributed by atoms with E-state index in [0.717, 1.165) is 0 Å². The lowest BCUT2D eigenvalue weighted by Gasteiger charge is -1.97. The van der Waals surface area contributed by atoms with Crippen LogP contribution in [0.25, 0.3) is 0 Å². The maximum Gasteiger partial charge on any atom is 0.124 e. The van der Waals surface area contributed by atoms with Crippen LogP contribution in [0.1, 0.15) is 24.0 Å². The minimum absolute atomic E-state index is 0.217. The molecule has 0 amide bonds. The van der Waals surface area contributed by atoms with Crippen molar-refractivity contribution in [1.82, 2.24) is 5.32 Å². The number of benzene rings is 2. The van der Waals surface area contributed by atoms with Crippen molar-refractivity contribution in [3.8, 4) is 11.5 Å². The molecule has 5 heteroatoms. The Morgan fingerprint density at radius 3 is 1.56 bits per heavy atom. The highest BCUT2D eigenvalue weighted by Gasteiger charge is 1.95. The van der Waals surface area contributed by atoms with E-state index in [-0.39, 0.29) is 11.5 Å². The number of hydrogen-bond acceptors (Lipinski definition) is 5. The van der Waals surface area contributed by atoms with Crippen LogP contribution >= 0.6 is 0 Å². The number of phenolic OH excluding ortho intramolecular Hbond substituents is 2. The molecule has 0 saturated carbocycles. The van der Waals surface area contributed by atoms with E-state index in [1.165, 1.54) is 25.9 Å². The van der Waals surface area contributed by atoms with Gasteiger partial charge in [-0.1, -0.05) is 24.3 Å². The van der Waals surface area contributed by atoms with Gasteiger partial charge in [-0.05, 0) is 50.2 Å². The first-order chi connectivity index (χ1) is 12.3. The first-order valence-corrected chi connectivity index (χ1v) is 8.54. The maximum atomic E-state index is 9.54. The fraction of sp³-hybridized carbons (Fsp3) is 0.300. The molecule has 0 spiro atoms. The quantitative estimate of drug-likeness (QED) is 0.579. The van der Waals surface area contributed by atoms with E-state index in [0.29, 0.717) is 24.2 Å². The molecule has 0 radical (unpaired) electrons. The Bertz CT molecular complexity index is 632. The predicted octanol–water partition coefficient (Wildman–Crippen LogP) is 3.01. The minimum Gasteiger partial charge on any atom is -0.507 e. The molecule has 1 aliphatic heterocycles. The first kappa shape index (κ1) is 18.7. The molecule has 0 atom stereocenters. The third-order valence-corrected chi connectivity index (χ3v) is 3.65. The SMILES string of the molecule is C1CCNC1.Oc1ccccc1/C=N/CC/N=C/c1ccccc1O. The molecule has 0 unspecified atom stereocenters. The minimum atomic E-state index is 0.217. The standard InChI is InChI=1S/C16H16N2O2.C4H9N/c19-15-7-3-1-5-13(15)11-17-9-10-18-12-14-6-2-4-8-16(14)20;1-2-4-5-3-1/h1-8,11-12,19-20H,9-10H2;5H,1-4H2/b17-11+,18-12+;. The average molecular weight is 339 g/mol. The normalized spacial score (nSPS) is 13.9. The largest absolute Gasteiger partial charge is 0.507 e. The molecule has 1 saturated heterocycles. The second-order valence-corrected chi connectivity index (χ2v) is 5.65. The number of aliphatic imine (C=N–C) groups is 2. The lowest BCUT2D eigenvalue weighted by molar-refractivity contribution is 0.474.